The maximum Gasteiger partial charge on any atom is 0.0750 e. The predicted octanol–water partition coefficient (Wildman–Crippen LogP) is 1.25. The molecule has 0 aliphatic heterocycles. The summed E-state index contributed by atoms with van der Waals surface area (Å²) in [6.07, 6.45) is 0.228. The molecule has 8 heavy (non-hydrogen) atoms. The third-order valence-corrected chi connectivity index (χ3v) is 1.62. The number of hydrogen-bond donors (Lipinski definition) is 2. The molecule has 0 amide bonds. The summed E-state index contributed by atoms with van der Waals surface area (Å²) in [6.45, 7) is 2.73. The molecule has 0 unspecified atom stereocenters. The van der Waals surface area contributed by atoms with E-state index in [0.29, 0.717) is 0 Å². The van der Waals surface area contributed by atoms with Gasteiger partial charge in [-0.1, -0.05) is 0 Å². The van der Waals surface area contributed by atoms with E-state index in [1.54, 1.807) is 0 Å². The molecule has 0 rings (SSSR count). The van der Waals surface area contributed by atoms with Crippen LogP contribution in [0.15, 0.2) is 0 Å². The molecule has 0 N–H and O–H groups in total. The zero-order chi connectivity index (χ0) is 6.41. The van der Waals surface area contributed by atoms with Crippen LogP contribution >= 0.6 is 25.3 Å². The Labute approximate surface area is 61.6 Å². The largest absolute Gasteiger partial charge is 0.377 e. The van der Waals surface area contributed by atoms with E-state index in [-0.39, 0.29) is 6.10 Å². The van der Waals surface area contributed by atoms with E-state index in [1.807, 2.05) is 6.92 Å². The van der Waals surface area contributed by atoms with Gasteiger partial charge in [-0.3, -0.25) is 0 Å². The lowest BCUT2D eigenvalue weighted by molar-refractivity contribution is 0.0969. The molecular formula is C5H12OS2. The zero-order valence-corrected chi connectivity index (χ0v) is 6.79. The van der Waals surface area contributed by atoms with E-state index >= 15 is 0 Å². The molecule has 1 nitrogen and oxygen atoms in total. The summed E-state index contributed by atoms with van der Waals surface area (Å²) in [6, 6.07) is 0. The van der Waals surface area contributed by atoms with Gasteiger partial charge >= 0.3 is 0 Å². The lowest BCUT2D eigenvalue weighted by Crippen LogP contribution is -2.16. The number of thiol groups is 2. The number of rotatable bonds is 4. The van der Waals surface area contributed by atoms with Crippen LogP contribution in [-0.2, 0) is 4.74 Å². The van der Waals surface area contributed by atoms with Gasteiger partial charge in [0.25, 0.3) is 0 Å². The first kappa shape index (κ1) is 8.66. The van der Waals surface area contributed by atoms with E-state index in [0.717, 1.165) is 18.1 Å². The van der Waals surface area contributed by atoms with Crippen LogP contribution in [0.25, 0.3) is 0 Å². The van der Waals surface area contributed by atoms with E-state index in [2.05, 4.69) is 25.3 Å². The summed E-state index contributed by atoms with van der Waals surface area (Å²) in [5.74, 6) is 1.52. The van der Waals surface area contributed by atoms with Gasteiger partial charge in [0, 0.05) is 18.1 Å². The van der Waals surface area contributed by atoms with Crippen molar-refractivity contribution in [3.8, 4) is 0 Å². The molecular weight excluding hydrogens is 140 g/mol. The Bertz CT molecular complexity index is 45.7. The molecule has 0 fully saturated rings. The minimum atomic E-state index is 0.228. The van der Waals surface area contributed by atoms with Gasteiger partial charge in [-0.25, -0.2) is 0 Å². The zero-order valence-electron chi connectivity index (χ0n) is 5.00. The molecule has 0 aromatic heterocycles. The third-order valence-electron chi connectivity index (χ3n) is 0.810. The predicted molar refractivity (Wildman–Crippen MR) is 43.1 cm³/mol. The molecule has 0 aliphatic carbocycles. The van der Waals surface area contributed by atoms with Crippen LogP contribution in [0, 0.1) is 0 Å². The van der Waals surface area contributed by atoms with Crippen LogP contribution in [0.4, 0.5) is 0 Å². The Morgan fingerprint density at radius 2 is 1.88 bits per heavy atom. The van der Waals surface area contributed by atoms with Crippen molar-refractivity contribution in [1.82, 2.24) is 0 Å². The highest BCUT2D eigenvalue weighted by Gasteiger charge is 2.00. The highest BCUT2D eigenvalue weighted by molar-refractivity contribution is 7.81. The molecule has 0 saturated carbocycles. The van der Waals surface area contributed by atoms with Crippen molar-refractivity contribution in [2.45, 2.75) is 13.0 Å². The average molecular weight is 152 g/mol. The van der Waals surface area contributed by atoms with Gasteiger partial charge in [-0.05, 0) is 6.92 Å². The minimum absolute atomic E-state index is 0.228. The highest BCUT2D eigenvalue weighted by Crippen LogP contribution is 1.96. The second-order valence-corrected chi connectivity index (χ2v) is 2.17. The van der Waals surface area contributed by atoms with Crippen molar-refractivity contribution >= 4 is 25.3 Å². The molecule has 0 aromatic rings. The SMILES string of the molecule is CCOC(CS)CS. The molecule has 3 heteroatoms. The van der Waals surface area contributed by atoms with Crippen LogP contribution in [0.3, 0.4) is 0 Å². The van der Waals surface area contributed by atoms with E-state index in [9.17, 15) is 0 Å². The van der Waals surface area contributed by atoms with Crippen LogP contribution < -0.4 is 0 Å². The van der Waals surface area contributed by atoms with Gasteiger partial charge < -0.3 is 4.74 Å². The van der Waals surface area contributed by atoms with Gasteiger partial charge in [0.2, 0.25) is 0 Å². The molecule has 0 heterocycles. The molecule has 0 aromatic carbocycles. The number of hydrogen-bond acceptors (Lipinski definition) is 3. The minimum Gasteiger partial charge on any atom is -0.377 e. The van der Waals surface area contributed by atoms with E-state index in [1.165, 1.54) is 0 Å². The van der Waals surface area contributed by atoms with Crippen molar-refractivity contribution in [2.24, 2.45) is 0 Å². The van der Waals surface area contributed by atoms with Gasteiger partial charge in [0.05, 0.1) is 6.10 Å². The van der Waals surface area contributed by atoms with Crippen LogP contribution in [0.5, 0.6) is 0 Å². The molecule has 0 saturated heterocycles. The maximum atomic E-state index is 5.19. The van der Waals surface area contributed by atoms with Gasteiger partial charge in [-0.2, -0.15) is 25.3 Å². The summed E-state index contributed by atoms with van der Waals surface area (Å²) in [5.41, 5.74) is 0. The van der Waals surface area contributed by atoms with Crippen molar-refractivity contribution in [3.05, 3.63) is 0 Å². The van der Waals surface area contributed by atoms with Crippen molar-refractivity contribution in [3.63, 3.8) is 0 Å². The second kappa shape index (κ2) is 5.79. The second-order valence-electron chi connectivity index (χ2n) is 1.44. The first-order valence-electron chi connectivity index (χ1n) is 2.68. The average Bonchev–Trinajstić information content (AvgIpc) is 1.83. The van der Waals surface area contributed by atoms with E-state index < -0.39 is 0 Å². The molecule has 50 valence electrons. The topological polar surface area (TPSA) is 9.23 Å². The summed E-state index contributed by atoms with van der Waals surface area (Å²) < 4.78 is 5.19. The third kappa shape index (κ3) is 3.64. The first-order chi connectivity index (χ1) is 3.85. The monoisotopic (exact) mass is 152 g/mol. The summed E-state index contributed by atoms with van der Waals surface area (Å²) in [4.78, 5) is 0. The fourth-order valence-electron chi connectivity index (χ4n) is 0.399. The van der Waals surface area contributed by atoms with Crippen LogP contribution in [0.1, 0.15) is 6.92 Å². The van der Waals surface area contributed by atoms with E-state index in [4.69, 9.17) is 4.74 Å². The maximum absolute atomic E-state index is 5.19. The summed E-state index contributed by atoms with van der Waals surface area (Å²) >= 11 is 8.11. The van der Waals surface area contributed by atoms with Crippen molar-refractivity contribution in [1.29, 1.82) is 0 Å². The normalized spacial score (nSPS) is 10.5. The lowest BCUT2D eigenvalue weighted by Gasteiger charge is -2.09. The Morgan fingerprint density at radius 1 is 1.38 bits per heavy atom. The Hall–Kier alpha value is 0.660. The fourth-order valence-corrected chi connectivity index (χ4v) is 1.07. The standard InChI is InChI=1S/C5H12OS2/c1-2-6-5(3-7)4-8/h5,7-8H,2-4H2,1H3. The molecule has 0 aliphatic rings. The summed E-state index contributed by atoms with van der Waals surface area (Å²) in [7, 11) is 0. The smallest absolute Gasteiger partial charge is 0.0750 e. The van der Waals surface area contributed by atoms with Gasteiger partial charge in [0.1, 0.15) is 0 Å². The summed E-state index contributed by atoms with van der Waals surface area (Å²) in [5, 5.41) is 0. The van der Waals surface area contributed by atoms with Gasteiger partial charge in [-0.15, -0.1) is 0 Å². The first-order valence-corrected chi connectivity index (χ1v) is 3.95. The Balaban J connectivity index is 3.07. The Kier molecular flexibility index (Phi) is 6.27. The molecule has 0 spiro atoms. The lowest BCUT2D eigenvalue weighted by atomic mass is 10.5. The molecule has 0 bridgehead atoms. The van der Waals surface area contributed by atoms with Crippen LogP contribution in [-0.4, -0.2) is 24.2 Å². The Morgan fingerprint density at radius 3 is 2.00 bits per heavy atom. The highest BCUT2D eigenvalue weighted by atomic mass is 32.1. The fraction of sp³-hybridized carbons (Fsp3) is 1.00. The quantitative estimate of drug-likeness (QED) is 0.577. The number of ether oxygens (including phenoxy) is 1. The molecule has 0 radical (unpaired) electrons. The van der Waals surface area contributed by atoms with Crippen molar-refractivity contribution in [2.75, 3.05) is 18.1 Å². The van der Waals surface area contributed by atoms with Gasteiger partial charge in [0.15, 0.2) is 0 Å². The van der Waals surface area contributed by atoms with Crippen molar-refractivity contribution < 1.29 is 4.74 Å². The van der Waals surface area contributed by atoms with Crippen LogP contribution in [0.2, 0.25) is 0 Å². The molecule has 0 atom stereocenters.